The minimum absolute atomic E-state index is 0.0743. The number of hydrogen-bond acceptors (Lipinski definition) is 4. The molecule has 2 aromatic rings. The van der Waals surface area contributed by atoms with Gasteiger partial charge in [0.15, 0.2) is 0 Å². The first-order valence-corrected chi connectivity index (χ1v) is 5.41. The van der Waals surface area contributed by atoms with Crippen molar-refractivity contribution in [3.05, 3.63) is 64.2 Å². The molecule has 0 saturated heterocycles. The van der Waals surface area contributed by atoms with Crippen LogP contribution in [-0.4, -0.2) is 10.0 Å². The summed E-state index contributed by atoms with van der Waals surface area (Å²) >= 11 is 0. The first-order chi connectivity index (χ1) is 8.65. The zero-order valence-corrected chi connectivity index (χ0v) is 9.54. The smallest absolute Gasteiger partial charge is 0.269 e. The molecule has 5 nitrogen and oxygen atoms in total. The van der Waals surface area contributed by atoms with E-state index in [0.717, 1.165) is 11.3 Å². The van der Waals surface area contributed by atoms with Gasteiger partial charge in [0.1, 0.15) is 5.75 Å². The van der Waals surface area contributed by atoms with E-state index in [4.69, 9.17) is 0 Å². The second-order valence-electron chi connectivity index (χ2n) is 3.83. The zero-order valence-electron chi connectivity index (χ0n) is 9.54. The van der Waals surface area contributed by atoms with E-state index in [1.54, 1.807) is 24.3 Å². The largest absolute Gasteiger partial charge is 0.508 e. The summed E-state index contributed by atoms with van der Waals surface area (Å²) in [4.78, 5) is 10.2. The minimum Gasteiger partial charge on any atom is -0.508 e. The number of phenolic OH excluding ortho intramolecular Hbond substituents is 1. The van der Waals surface area contributed by atoms with Gasteiger partial charge >= 0.3 is 0 Å². The number of nitro benzene ring substituents is 1. The third-order valence-electron chi connectivity index (χ3n) is 2.46. The van der Waals surface area contributed by atoms with Gasteiger partial charge in [-0.3, -0.25) is 10.1 Å². The summed E-state index contributed by atoms with van der Waals surface area (Å²) in [7, 11) is 0. The van der Waals surface area contributed by atoms with Gasteiger partial charge in [0.2, 0.25) is 0 Å². The van der Waals surface area contributed by atoms with Gasteiger partial charge in [0.05, 0.1) is 4.92 Å². The van der Waals surface area contributed by atoms with Crippen molar-refractivity contribution in [2.24, 2.45) is 0 Å². The highest BCUT2D eigenvalue weighted by molar-refractivity contribution is 5.48. The van der Waals surface area contributed by atoms with Crippen molar-refractivity contribution in [3.8, 4) is 5.75 Å². The van der Waals surface area contributed by atoms with E-state index in [9.17, 15) is 15.2 Å². The number of nitro groups is 1. The van der Waals surface area contributed by atoms with Gasteiger partial charge in [-0.1, -0.05) is 18.2 Å². The molecule has 2 N–H and O–H groups in total. The van der Waals surface area contributed by atoms with Gasteiger partial charge < -0.3 is 10.4 Å². The Morgan fingerprint density at radius 3 is 2.67 bits per heavy atom. The van der Waals surface area contributed by atoms with Crippen LogP contribution in [0.3, 0.4) is 0 Å². The molecule has 92 valence electrons. The van der Waals surface area contributed by atoms with Gasteiger partial charge in [-0.2, -0.15) is 0 Å². The Morgan fingerprint density at radius 1 is 1.17 bits per heavy atom. The maximum Gasteiger partial charge on any atom is 0.269 e. The van der Waals surface area contributed by atoms with Crippen molar-refractivity contribution in [2.45, 2.75) is 6.54 Å². The predicted octanol–water partition coefficient (Wildman–Crippen LogP) is 2.91. The number of anilines is 1. The van der Waals surface area contributed by atoms with Crippen LogP contribution in [0, 0.1) is 10.1 Å². The molecule has 0 saturated carbocycles. The van der Waals surface area contributed by atoms with Crippen molar-refractivity contribution in [3.63, 3.8) is 0 Å². The lowest BCUT2D eigenvalue weighted by Crippen LogP contribution is -1.99. The van der Waals surface area contributed by atoms with E-state index < -0.39 is 4.92 Å². The van der Waals surface area contributed by atoms with Gasteiger partial charge in [-0.25, -0.2) is 0 Å². The van der Waals surface area contributed by atoms with Crippen LogP contribution in [0.5, 0.6) is 5.75 Å². The van der Waals surface area contributed by atoms with Crippen molar-refractivity contribution in [1.82, 2.24) is 0 Å². The zero-order chi connectivity index (χ0) is 13.0. The highest BCUT2D eigenvalue weighted by Gasteiger charge is 2.05. The molecule has 2 aromatic carbocycles. The van der Waals surface area contributed by atoms with E-state index in [-0.39, 0.29) is 11.4 Å². The van der Waals surface area contributed by atoms with Crippen LogP contribution < -0.4 is 5.32 Å². The summed E-state index contributed by atoms with van der Waals surface area (Å²) in [6.45, 7) is 0.463. The summed E-state index contributed by atoms with van der Waals surface area (Å²) in [6, 6.07) is 13.2. The fourth-order valence-corrected chi connectivity index (χ4v) is 1.60. The van der Waals surface area contributed by atoms with Crippen LogP contribution in [0.1, 0.15) is 5.56 Å². The van der Waals surface area contributed by atoms with Gasteiger partial charge in [0.25, 0.3) is 5.69 Å². The van der Waals surface area contributed by atoms with Crippen molar-refractivity contribution >= 4 is 11.4 Å². The Balaban J connectivity index is 2.06. The summed E-state index contributed by atoms with van der Waals surface area (Å²) in [5, 5.41) is 23.0. The molecule has 0 fully saturated rings. The van der Waals surface area contributed by atoms with E-state index in [1.165, 1.54) is 12.1 Å². The molecule has 0 bridgehead atoms. The lowest BCUT2D eigenvalue weighted by molar-refractivity contribution is -0.384. The first kappa shape index (κ1) is 11.9. The van der Waals surface area contributed by atoms with E-state index in [0.29, 0.717) is 6.54 Å². The van der Waals surface area contributed by atoms with Crippen molar-refractivity contribution < 1.29 is 10.0 Å². The molecule has 2 rings (SSSR count). The topological polar surface area (TPSA) is 75.4 Å². The Hall–Kier alpha value is -2.56. The van der Waals surface area contributed by atoms with Crippen LogP contribution in [-0.2, 0) is 6.54 Å². The molecule has 0 spiro atoms. The fraction of sp³-hybridized carbons (Fsp3) is 0.0769. The third kappa shape index (κ3) is 2.98. The van der Waals surface area contributed by atoms with E-state index >= 15 is 0 Å². The maximum absolute atomic E-state index is 10.6. The fourth-order valence-electron chi connectivity index (χ4n) is 1.60. The number of nitrogens with one attached hydrogen (secondary N) is 1. The maximum atomic E-state index is 10.6. The summed E-state index contributed by atoms with van der Waals surface area (Å²) in [5.41, 5.74) is 1.65. The van der Waals surface area contributed by atoms with Crippen LogP contribution in [0.2, 0.25) is 0 Å². The Kier molecular flexibility index (Phi) is 3.43. The number of benzene rings is 2. The molecule has 0 atom stereocenters. The minimum atomic E-state index is -0.419. The molecule has 0 aliphatic heterocycles. The highest BCUT2D eigenvalue weighted by Crippen LogP contribution is 2.18. The Bertz CT molecular complexity index is 570. The average Bonchev–Trinajstić information content (AvgIpc) is 2.37. The lowest BCUT2D eigenvalue weighted by atomic mass is 10.2. The molecule has 0 aromatic heterocycles. The molecule has 5 heteroatoms. The molecule has 0 unspecified atom stereocenters. The Morgan fingerprint density at radius 2 is 1.94 bits per heavy atom. The number of phenols is 1. The summed E-state index contributed by atoms with van der Waals surface area (Å²) in [6.07, 6.45) is 0. The number of non-ortho nitro benzene ring substituents is 1. The highest BCUT2D eigenvalue weighted by atomic mass is 16.6. The van der Waals surface area contributed by atoms with Gasteiger partial charge in [-0.05, 0) is 17.7 Å². The molecule has 0 radical (unpaired) electrons. The molecule has 0 amide bonds. The molecular weight excluding hydrogens is 232 g/mol. The number of hydrogen-bond donors (Lipinski definition) is 2. The van der Waals surface area contributed by atoms with Crippen molar-refractivity contribution in [1.29, 1.82) is 0 Å². The van der Waals surface area contributed by atoms with Crippen LogP contribution in [0.4, 0.5) is 11.4 Å². The molecule has 0 heterocycles. The molecule has 0 aliphatic rings. The van der Waals surface area contributed by atoms with Crippen molar-refractivity contribution in [2.75, 3.05) is 5.32 Å². The SMILES string of the molecule is O=[N+]([O-])c1cccc(CNc2cccc(O)c2)c1. The van der Waals surface area contributed by atoms with Gasteiger partial charge in [0, 0.05) is 30.4 Å². The van der Waals surface area contributed by atoms with Gasteiger partial charge in [-0.15, -0.1) is 0 Å². The third-order valence-corrected chi connectivity index (χ3v) is 2.46. The van der Waals surface area contributed by atoms with Crippen LogP contribution >= 0.6 is 0 Å². The second kappa shape index (κ2) is 5.18. The standard InChI is InChI=1S/C13H12N2O3/c16-13-6-2-4-11(8-13)14-9-10-3-1-5-12(7-10)15(17)18/h1-8,14,16H,9H2. The first-order valence-electron chi connectivity index (χ1n) is 5.41. The number of aromatic hydroxyl groups is 1. The number of nitrogens with zero attached hydrogens (tertiary/aromatic N) is 1. The monoisotopic (exact) mass is 244 g/mol. The predicted molar refractivity (Wildman–Crippen MR) is 68.5 cm³/mol. The average molecular weight is 244 g/mol. The van der Waals surface area contributed by atoms with Crippen LogP contribution in [0.15, 0.2) is 48.5 Å². The lowest BCUT2D eigenvalue weighted by Gasteiger charge is -2.06. The van der Waals surface area contributed by atoms with E-state index in [1.807, 2.05) is 12.1 Å². The summed E-state index contributed by atoms with van der Waals surface area (Å²) < 4.78 is 0. The quantitative estimate of drug-likeness (QED) is 0.640. The molecular formula is C13H12N2O3. The number of rotatable bonds is 4. The second-order valence-corrected chi connectivity index (χ2v) is 3.83. The van der Waals surface area contributed by atoms with Crippen LogP contribution in [0.25, 0.3) is 0 Å². The Labute approximate surface area is 104 Å². The summed E-state index contributed by atoms with van der Waals surface area (Å²) in [5.74, 6) is 0.180. The molecule has 0 aliphatic carbocycles. The normalized spacial score (nSPS) is 10.0. The molecule has 18 heavy (non-hydrogen) atoms. The van der Waals surface area contributed by atoms with E-state index in [2.05, 4.69) is 5.32 Å².